The van der Waals surface area contributed by atoms with E-state index in [-0.39, 0.29) is 0 Å². The van der Waals surface area contributed by atoms with Crippen LogP contribution in [0.3, 0.4) is 0 Å². The standard InChI is InChI=1S/C3H5IN2O/c4-1-2-5-6-3-7/h2-3H,1H2,(H,6,7)/b5-2+. The molecule has 0 spiro atoms. The normalized spacial score (nSPS) is 9.29. The highest BCUT2D eigenvalue weighted by molar-refractivity contribution is 14.1. The van der Waals surface area contributed by atoms with Crippen molar-refractivity contribution in [3.8, 4) is 0 Å². The number of hydrogen-bond donors (Lipinski definition) is 1. The molecule has 0 aromatic heterocycles. The number of amides is 1. The van der Waals surface area contributed by atoms with Gasteiger partial charge in [0.2, 0.25) is 6.41 Å². The Kier molecular flexibility index (Phi) is 5.76. The number of carbonyl (C=O) groups excluding carboxylic acids is 1. The van der Waals surface area contributed by atoms with Crippen LogP contribution in [0.15, 0.2) is 5.10 Å². The summed E-state index contributed by atoms with van der Waals surface area (Å²) < 4.78 is 0.818. The first-order valence-corrected chi connectivity index (χ1v) is 3.21. The molecule has 0 aliphatic rings. The molecule has 7 heavy (non-hydrogen) atoms. The van der Waals surface area contributed by atoms with Crippen LogP contribution in [0.1, 0.15) is 0 Å². The topological polar surface area (TPSA) is 41.5 Å². The second-order valence-corrected chi connectivity index (χ2v) is 1.59. The van der Waals surface area contributed by atoms with Crippen molar-refractivity contribution in [2.75, 3.05) is 4.43 Å². The fraction of sp³-hybridized carbons (Fsp3) is 0.333. The van der Waals surface area contributed by atoms with Gasteiger partial charge in [-0.15, -0.1) is 0 Å². The molecule has 0 bridgehead atoms. The molecule has 0 fully saturated rings. The fourth-order valence-corrected chi connectivity index (χ4v) is 0.315. The van der Waals surface area contributed by atoms with Crippen molar-refractivity contribution in [3.05, 3.63) is 0 Å². The largest absolute Gasteiger partial charge is 0.277 e. The number of alkyl halides is 1. The fourth-order valence-electron chi connectivity index (χ4n) is 0.118. The van der Waals surface area contributed by atoms with Gasteiger partial charge in [0.1, 0.15) is 0 Å². The highest BCUT2D eigenvalue weighted by Crippen LogP contribution is 1.70. The van der Waals surface area contributed by atoms with Crippen LogP contribution in [0, 0.1) is 0 Å². The second kappa shape index (κ2) is 5.87. The van der Waals surface area contributed by atoms with Crippen LogP contribution in [-0.4, -0.2) is 17.1 Å². The van der Waals surface area contributed by atoms with E-state index in [1.54, 1.807) is 6.21 Å². The van der Waals surface area contributed by atoms with Gasteiger partial charge in [-0.1, -0.05) is 22.6 Å². The van der Waals surface area contributed by atoms with Crippen LogP contribution in [0.4, 0.5) is 0 Å². The van der Waals surface area contributed by atoms with Gasteiger partial charge in [0, 0.05) is 10.6 Å². The first-order valence-electron chi connectivity index (χ1n) is 1.68. The van der Waals surface area contributed by atoms with Gasteiger partial charge in [-0.05, 0) is 0 Å². The molecule has 0 heterocycles. The third kappa shape index (κ3) is 5.87. The lowest BCUT2D eigenvalue weighted by Crippen LogP contribution is -1.99. The second-order valence-electron chi connectivity index (χ2n) is 0.713. The summed E-state index contributed by atoms with van der Waals surface area (Å²) in [6.45, 7) is 0. The van der Waals surface area contributed by atoms with Gasteiger partial charge in [-0.2, -0.15) is 5.10 Å². The van der Waals surface area contributed by atoms with Gasteiger partial charge < -0.3 is 0 Å². The van der Waals surface area contributed by atoms with Gasteiger partial charge in [-0.3, -0.25) is 10.2 Å². The van der Waals surface area contributed by atoms with E-state index < -0.39 is 0 Å². The quantitative estimate of drug-likeness (QED) is 0.234. The molecule has 0 atom stereocenters. The van der Waals surface area contributed by atoms with E-state index in [0.29, 0.717) is 6.41 Å². The van der Waals surface area contributed by atoms with Crippen LogP contribution < -0.4 is 5.43 Å². The molecule has 0 saturated carbocycles. The third-order valence-corrected chi connectivity index (χ3v) is 0.681. The molecule has 1 amide bonds. The number of hydrogen-bond acceptors (Lipinski definition) is 2. The molecule has 0 saturated heterocycles. The summed E-state index contributed by atoms with van der Waals surface area (Å²) in [6.07, 6.45) is 2.14. The highest BCUT2D eigenvalue weighted by atomic mass is 127. The zero-order valence-corrected chi connectivity index (χ0v) is 5.75. The van der Waals surface area contributed by atoms with Crippen molar-refractivity contribution in [1.29, 1.82) is 0 Å². The molecule has 0 rings (SSSR count). The molecule has 3 nitrogen and oxygen atoms in total. The van der Waals surface area contributed by atoms with E-state index >= 15 is 0 Å². The van der Waals surface area contributed by atoms with E-state index in [9.17, 15) is 4.79 Å². The Bertz CT molecular complexity index is 73.3. The maximum atomic E-state index is 9.45. The Balaban J connectivity index is 2.92. The molecular formula is C3H5IN2O. The highest BCUT2D eigenvalue weighted by Gasteiger charge is 1.64. The van der Waals surface area contributed by atoms with Crippen molar-refractivity contribution in [3.63, 3.8) is 0 Å². The molecule has 0 aromatic carbocycles. The molecule has 40 valence electrons. The van der Waals surface area contributed by atoms with Gasteiger partial charge in [0.15, 0.2) is 0 Å². The molecule has 0 radical (unpaired) electrons. The van der Waals surface area contributed by atoms with Gasteiger partial charge in [0.25, 0.3) is 0 Å². The number of nitrogens with zero attached hydrogens (tertiary/aromatic N) is 1. The van der Waals surface area contributed by atoms with Crippen molar-refractivity contribution >= 4 is 35.2 Å². The van der Waals surface area contributed by atoms with Gasteiger partial charge >= 0.3 is 0 Å². The monoisotopic (exact) mass is 212 g/mol. The van der Waals surface area contributed by atoms with Crippen molar-refractivity contribution in [2.24, 2.45) is 5.10 Å². The first-order chi connectivity index (χ1) is 3.41. The average Bonchev–Trinajstić information content (AvgIpc) is 1.69. The van der Waals surface area contributed by atoms with Gasteiger partial charge in [-0.25, -0.2) is 0 Å². The summed E-state index contributed by atoms with van der Waals surface area (Å²) >= 11 is 2.12. The van der Waals surface area contributed by atoms with Crippen LogP contribution in [0.5, 0.6) is 0 Å². The number of nitrogens with one attached hydrogen (secondary N) is 1. The SMILES string of the molecule is O=CN/N=C/CI. The van der Waals surface area contributed by atoms with Crippen LogP contribution in [0.2, 0.25) is 0 Å². The van der Waals surface area contributed by atoms with E-state index in [4.69, 9.17) is 0 Å². The number of carbonyl (C=O) groups is 1. The maximum absolute atomic E-state index is 9.45. The zero-order valence-electron chi connectivity index (χ0n) is 3.60. The smallest absolute Gasteiger partial charge is 0.227 e. The molecule has 1 N–H and O–H groups in total. The minimum Gasteiger partial charge on any atom is -0.277 e. The predicted molar refractivity (Wildman–Crippen MR) is 36.6 cm³/mol. The molecule has 0 aliphatic carbocycles. The third-order valence-electron chi connectivity index (χ3n) is 0.288. The summed E-state index contributed by atoms with van der Waals surface area (Å²) in [7, 11) is 0. The minimum atomic E-state index is 0.531. The summed E-state index contributed by atoms with van der Waals surface area (Å²) in [5.41, 5.74) is 2.13. The molecule has 4 heteroatoms. The summed E-state index contributed by atoms with van der Waals surface area (Å²) in [6, 6.07) is 0. The number of rotatable bonds is 3. The van der Waals surface area contributed by atoms with Crippen LogP contribution in [0.25, 0.3) is 0 Å². The van der Waals surface area contributed by atoms with E-state index in [2.05, 4.69) is 33.1 Å². The van der Waals surface area contributed by atoms with Crippen molar-refractivity contribution in [2.45, 2.75) is 0 Å². The number of hydrazone groups is 1. The van der Waals surface area contributed by atoms with E-state index in [0.717, 1.165) is 4.43 Å². The Morgan fingerprint density at radius 1 is 1.86 bits per heavy atom. The molecule has 0 aliphatic heterocycles. The van der Waals surface area contributed by atoms with Crippen molar-refractivity contribution in [1.82, 2.24) is 5.43 Å². The Hall–Kier alpha value is -0.130. The molecule has 0 unspecified atom stereocenters. The minimum absolute atomic E-state index is 0.531. The van der Waals surface area contributed by atoms with Crippen molar-refractivity contribution < 1.29 is 4.79 Å². The first kappa shape index (κ1) is 6.87. The Morgan fingerprint density at radius 3 is 3.00 bits per heavy atom. The molecule has 0 aromatic rings. The van der Waals surface area contributed by atoms with E-state index in [1.165, 1.54) is 0 Å². The van der Waals surface area contributed by atoms with Crippen LogP contribution >= 0.6 is 22.6 Å². The predicted octanol–water partition coefficient (Wildman–Crippen LogP) is 0.153. The van der Waals surface area contributed by atoms with Gasteiger partial charge in [0.05, 0.1) is 0 Å². The summed E-state index contributed by atoms with van der Waals surface area (Å²) in [5, 5.41) is 3.46. The average molecular weight is 212 g/mol. The zero-order chi connectivity index (χ0) is 5.54. The summed E-state index contributed by atoms with van der Waals surface area (Å²) in [4.78, 5) is 9.45. The maximum Gasteiger partial charge on any atom is 0.227 e. The lowest BCUT2D eigenvalue weighted by Gasteiger charge is -1.77. The van der Waals surface area contributed by atoms with Crippen LogP contribution in [-0.2, 0) is 4.79 Å². The molecular weight excluding hydrogens is 207 g/mol. The Morgan fingerprint density at radius 2 is 2.57 bits per heavy atom. The summed E-state index contributed by atoms with van der Waals surface area (Å²) in [5.74, 6) is 0. The number of halogens is 1. The Labute approximate surface area is 55.3 Å². The lowest BCUT2D eigenvalue weighted by molar-refractivity contribution is -0.109. The lowest BCUT2D eigenvalue weighted by atomic mass is 10.9. The van der Waals surface area contributed by atoms with E-state index in [1.807, 2.05) is 0 Å².